The van der Waals surface area contributed by atoms with E-state index in [1.165, 1.54) is 28.0 Å². The lowest BCUT2D eigenvalue weighted by Gasteiger charge is -2.35. The van der Waals surface area contributed by atoms with E-state index < -0.39 is 35.5 Å². The van der Waals surface area contributed by atoms with Crippen LogP contribution in [0.2, 0.25) is 0 Å². The molecule has 0 aromatic heterocycles. The summed E-state index contributed by atoms with van der Waals surface area (Å²) < 4.78 is 20.1. The van der Waals surface area contributed by atoms with Crippen molar-refractivity contribution >= 4 is 29.3 Å². The average molecular weight is 522 g/mol. The normalized spacial score (nSPS) is 21.9. The van der Waals surface area contributed by atoms with Gasteiger partial charge >= 0.3 is 6.09 Å². The Labute approximate surface area is 223 Å². The van der Waals surface area contributed by atoms with Crippen molar-refractivity contribution in [2.45, 2.75) is 89.4 Å². The Morgan fingerprint density at radius 1 is 0.974 bits per heavy atom. The van der Waals surface area contributed by atoms with E-state index in [1.807, 2.05) is 29.2 Å². The molecule has 202 valence electrons. The maximum Gasteiger partial charge on any atom is 0.410 e. The molecule has 1 saturated heterocycles. The first-order chi connectivity index (χ1) is 18.2. The SMILES string of the molecule is CC(C)(C)OC(=O)N1CCC[C@@H]1C(=O)N(c1cccc(F)c1)[C@@H]1C(=O)N(C2CCCCC2)c2ccccc21. The highest BCUT2D eigenvalue weighted by molar-refractivity contribution is 6.13. The highest BCUT2D eigenvalue weighted by Crippen LogP contribution is 2.45. The summed E-state index contributed by atoms with van der Waals surface area (Å²) in [5.74, 6) is -1.09. The van der Waals surface area contributed by atoms with Crippen molar-refractivity contribution in [2.75, 3.05) is 16.3 Å². The van der Waals surface area contributed by atoms with Crippen LogP contribution < -0.4 is 9.80 Å². The first kappa shape index (κ1) is 26.2. The lowest BCUT2D eigenvalue weighted by atomic mass is 9.94. The van der Waals surface area contributed by atoms with Crippen LogP contribution >= 0.6 is 0 Å². The Bertz CT molecular complexity index is 1220. The molecule has 0 spiro atoms. The van der Waals surface area contributed by atoms with Gasteiger partial charge in [-0.3, -0.25) is 19.4 Å². The van der Waals surface area contributed by atoms with Crippen LogP contribution in [0.15, 0.2) is 48.5 Å². The molecule has 1 aliphatic carbocycles. The fraction of sp³-hybridized carbons (Fsp3) is 0.500. The number of ether oxygens (including phenoxy) is 1. The van der Waals surface area contributed by atoms with Gasteiger partial charge in [0.1, 0.15) is 23.5 Å². The maximum atomic E-state index is 14.5. The number of anilines is 2. The van der Waals surface area contributed by atoms with Crippen LogP contribution in [0.1, 0.15) is 77.3 Å². The van der Waals surface area contributed by atoms with Crippen LogP contribution in [0, 0.1) is 5.82 Å². The number of nitrogens with zero attached hydrogens (tertiary/aromatic N) is 3. The zero-order chi connectivity index (χ0) is 27.0. The maximum absolute atomic E-state index is 14.5. The van der Waals surface area contributed by atoms with Gasteiger partial charge in [0.25, 0.3) is 11.8 Å². The van der Waals surface area contributed by atoms with E-state index in [4.69, 9.17) is 4.74 Å². The van der Waals surface area contributed by atoms with Crippen molar-refractivity contribution in [3.63, 3.8) is 0 Å². The summed E-state index contributed by atoms with van der Waals surface area (Å²) in [4.78, 5) is 46.3. The predicted molar refractivity (Wildman–Crippen MR) is 143 cm³/mol. The molecule has 2 heterocycles. The smallest absolute Gasteiger partial charge is 0.410 e. The quantitative estimate of drug-likeness (QED) is 0.496. The summed E-state index contributed by atoms with van der Waals surface area (Å²) in [5.41, 5.74) is 1.11. The topological polar surface area (TPSA) is 70.2 Å². The number of benzene rings is 2. The molecule has 3 amide bonds. The van der Waals surface area contributed by atoms with E-state index in [1.54, 1.807) is 26.8 Å². The van der Waals surface area contributed by atoms with Crippen molar-refractivity contribution in [1.82, 2.24) is 4.90 Å². The molecule has 0 N–H and O–H groups in total. The van der Waals surface area contributed by atoms with Gasteiger partial charge in [-0.25, -0.2) is 9.18 Å². The van der Waals surface area contributed by atoms with Gasteiger partial charge in [0, 0.05) is 29.5 Å². The molecule has 38 heavy (non-hydrogen) atoms. The number of hydrogen-bond acceptors (Lipinski definition) is 4. The third-order valence-corrected chi connectivity index (χ3v) is 7.65. The van der Waals surface area contributed by atoms with Crippen molar-refractivity contribution in [1.29, 1.82) is 0 Å². The molecule has 2 fully saturated rings. The summed E-state index contributed by atoms with van der Waals surface area (Å²) in [6, 6.07) is 11.7. The monoisotopic (exact) mass is 521 g/mol. The number of hydrogen-bond donors (Lipinski definition) is 0. The minimum atomic E-state index is -0.941. The Kier molecular flexibility index (Phi) is 7.16. The third kappa shape index (κ3) is 5.00. The van der Waals surface area contributed by atoms with Crippen molar-refractivity contribution in [3.8, 4) is 0 Å². The van der Waals surface area contributed by atoms with Crippen LogP contribution in [0.3, 0.4) is 0 Å². The summed E-state index contributed by atoms with van der Waals surface area (Å²) >= 11 is 0. The second-order valence-corrected chi connectivity index (χ2v) is 11.5. The average Bonchev–Trinajstić information content (AvgIpc) is 3.47. The van der Waals surface area contributed by atoms with Crippen LogP contribution in [0.5, 0.6) is 0 Å². The predicted octanol–water partition coefficient (Wildman–Crippen LogP) is 5.98. The van der Waals surface area contributed by atoms with Gasteiger partial charge in [-0.05, 0) is 70.7 Å². The molecule has 2 aromatic rings. The van der Waals surface area contributed by atoms with Crippen molar-refractivity contribution in [2.24, 2.45) is 0 Å². The lowest BCUT2D eigenvalue weighted by molar-refractivity contribution is -0.127. The second-order valence-electron chi connectivity index (χ2n) is 11.5. The Balaban J connectivity index is 1.56. The zero-order valence-corrected chi connectivity index (χ0v) is 22.4. The highest BCUT2D eigenvalue weighted by Gasteiger charge is 2.49. The van der Waals surface area contributed by atoms with E-state index in [0.717, 1.165) is 43.4 Å². The molecule has 7 nitrogen and oxygen atoms in total. The van der Waals surface area contributed by atoms with Crippen LogP contribution in [0.25, 0.3) is 0 Å². The van der Waals surface area contributed by atoms with E-state index >= 15 is 0 Å². The number of carbonyl (C=O) groups excluding carboxylic acids is 3. The number of halogens is 1. The van der Waals surface area contributed by atoms with E-state index in [2.05, 4.69) is 0 Å². The molecule has 2 aromatic carbocycles. The summed E-state index contributed by atoms with van der Waals surface area (Å²) in [6.45, 7) is 5.73. The van der Waals surface area contributed by atoms with E-state index in [9.17, 15) is 18.8 Å². The fourth-order valence-corrected chi connectivity index (χ4v) is 6.04. The molecule has 3 aliphatic rings. The second kappa shape index (κ2) is 10.4. The number of likely N-dealkylation sites (tertiary alicyclic amines) is 1. The highest BCUT2D eigenvalue weighted by atomic mass is 19.1. The first-order valence-electron chi connectivity index (χ1n) is 13.7. The van der Waals surface area contributed by atoms with Gasteiger partial charge in [0.15, 0.2) is 0 Å². The molecule has 2 aliphatic heterocycles. The zero-order valence-electron chi connectivity index (χ0n) is 22.4. The Morgan fingerprint density at radius 2 is 1.71 bits per heavy atom. The van der Waals surface area contributed by atoms with Gasteiger partial charge in [0.2, 0.25) is 0 Å². The van der Waals surface area contributed by atoms with Crippen molar-refractivity contribution < 1.29 is 23.5 Å². The number of carbonyl (C=O) groups is 3. The van der Waals surface area contributed by atoms with Crippen LogP contribution in [0.4, 0.5) is 20.6 Å². The van der Waals surface area contributed by atoms with E-state index in [-0.39, 0.29) is 11.9 Å². The van der Waals surface area contributed by atoms with Crippen LogP contribution in [-0.4, -0.2) is 47.0 Å². The number of para-hydroxylation sites is 1. The summed E-state index contributed by atoms with van der Waals surface area (Å²) in [7, 11) is 0. The third-order valence-electron chi connectivity index (χ3n) is 7.65. The number of amides is 3. The van der Waals surface area contributed by atoms with Crippen molar-refractivity contribution in [3.05, 3.63) is 59.9 Å². The van der Waals surface area contributed by atoms with Crippen LogP contribution in [-0.2, 0) is 14.3 Å². The first-order valence-corrected chi connectivity index (χ1v) is 13.7. The molecular weight excluding hydrogens is 485 g/mol. The molecule has 0 radical (unpaired) electrons. The lowest BCUT2D eigenvalue weighted by Crippen LogP contribution is -2.52. The van der Waals surface area contributed by atoms with E-state index in [0.29, 0.717) is 25.1 Å². The number of rotatable bonds is 4. The Hall–Kier alpha value is -3.42. The Morgan fingerprint density at radius 3 is 2.42 bits per heavy atom. The minimum absolute atomic E-state index is 0.0663. The van der Waals surface area contributed by atoms with Gasteiger partial charge in [-0.1, -0.05) is 43.5 Å². The van der Waals surface area contributed by atoms with Gasteiger partial charge in [0.05, 0.1) is 0 Å². The molecular formula is C30H36FN3O4. The standard InChI is InChI=1S/C30H36FN3O4/c1-30(2,3)38-29(37)32-18-10-17-25(32)27(35)34(22-14-9-11-20(31)19-22)26-23-15-7-8-16-24(23)33(28(26)36)21-12-5-4-6-13-21/h7-9,11,14-16,19,21,25-26H,4-6,10,12-13,17-18H2,1-3H3/t25-,26+/m1/s1. The van der Waals surface area contributed by atoms with Gasteiger partial charge in [-0.2, -0.15) is 0 Å². The molecule has 0 unspecified atom stereocenters. The van der Waals surface area contributed by atoms with Gasteiger partial charge in [-0.15, -0.1) is 0 Å². The molecule has 1 saturated carbocycles. The summed E-state index contributed by atoms with van der Waals surface area (Å²) in [5, 5.41) is 0. The van der Waals surface area contributed by atoms with Gasteiger partial charge < -0.3 is 9.64 Å². The molecule has 8 heteroatoms. The molecule has 2 atom stereocenters. The fourth-order valence-electron chi connectivity index (χ4n) is 6.04. The minimum Gasteiger partial charge on any atom is -0.444 e. The molecule has 0 bridgehead atoms. The molecule has 5 rings (SSSR count). The summed E-state index contributed by atoms with van der Waals surface area (Å²) in [6.07, 6.45) is 5.61. The largest absolute Gasteiger partial charge is 0.444 e. The number of fused-ring (bicyclic) bond motifs is 1.